The van der Waals surface area contributed by atoms with Crippen molar-refractivity contribution in [2.45, 2.75) is 96.9 Å². The van der Waals surface area contributed by atoms with E-state index in [-0.39, 0.29) is 17.7 Å². The average molecular weight is 479 g/mol. The summed E-state index contributed by atoms with van der Waals surface area (Å²) in [6, 6.07) is 6.66. The van der Waals surface area contributed by atoms with Gasteiger partial charge in [-0.1, -0.05) is 26.2 Å². The number of H-pyrrole nitrogens is 1. The quantitative estimate of drug-likeness (QED) is 0.502. The number of rotatable bonds is 8. The van der Waals surface area contributed by atoms with E-state index in [1.54, 1.807) is 0 Å². The summed E-state index contributed by atoms with van der Waals surface area (Å²) in [5, 5.41) is 14.1. The van der Waals surface area contributed by atoms with Crippen LogP contribution in [0.2, 0.25) is 0 Å². The molecule has 1 N–H and O–H groups in total. The van der Waals surface area contributed by atoms with Crippen LogP contribution in [0.1, 0.15) is 92.9 Å². The third kappa shape index (κ3) is 5.19. The minimum atomic E-state index is -0.0279. The summed E-state index contributed by atoms with van der Waals surface area (Å²) < 4.78 is 8.10. The molecule has 35 heavy (non-hydrogen) atoms. The van der Waals surface area contributed by atoms with Gasteiger partial charge >= 0.3 is 0 Å². The smallest absolute Gasteiger partial charge is 0.252 e. The zero-order valence-corrected chi connectivity index (χ0v) is 21.3. The van der Waals surface area contributed by atoms with E-state index in [1.807, 2.05) is 0 Å². The predicted molar refractivity (Wildman–Crippen MR) is 136 cm³/mol. The van der Waals surface area contributed by atoms with Gasteiger partial charge in [-0.25, -0.2) is 4.68 Å². The molecule has 2 fully saturated rings. The number of aromatic amines is 1. The molecule has 2 aliphatic rings. The van der Waals surface area contributed by atoms with Crippen molar-refractivity contribution in [1.82, 2.24) is 30.1 Å². The van der Waals surface area contributed by atoms with E-state index in [0.29, 0.717) is 12.6 Å². The first-order valence-corrected chi connectivity index (χ1v) is 13.3. The van der Waals surface area contributed by atoms with Crippen LogP contribution < -0.4 is 5.56 Å². The van der Waals surface area contributed by atoms with Gasteiger partial charge in [0, 0.05) is 30.8 Å². The molecule has 0 amide bonds. The normalized spacial score (nSPS) is 20.2. The van der Waals surface area contributed by atoms with Crippen LogP contribution in [-0.2, 0) is 11.3 Å². The van der Waals surface area contributed by atoms with Crippen LogP contribution >= 0.6 is 0 Å². The number of benzene rings is 1. The summed E-state index contributed by atoms with van der Waals surface area (Å²) in [5.41, 5.74) is 4.04. The topological polar surface area (TPSA) is 88.9 Å². The Morgan fingerprint density at radius 2 is 1.91 bits per heavy atom. The van der Waals surface area contributed by atoms with Crippen LogP contribution in [0, 0.1) is 13.8 Å². The second kappa shape index (κ2) is 10.6. The number of hydrogen-bond donors (Lipinski definition) is 1. The summed E-state index contributed by atoms with van der Waals surface area (Å²) in [7, 11) is 0. The second-order valence-electron chi connectivity index (χ2n) is 10.4. The highest BCUT2D eigenvalue weighted by molar-refractivity contribution is 5.80. The summed E-state index contributed by atoms with van der Waals surface area (Å²) in [4.78, 5) is 18.6. The van der Waals surface area contributed by atoms with Gasteiger partial charge in [0.25, 0.3) is 5.56 Å². The summed E-state index contributed by atoms with van der Waals surface area (Å²) >= 11 is 0. The van der Waals surface area contributed by atoms with Gasteiger partial charge in [0.2, 0.25) is 0 Å². The highest BCUT2D eigenvalue weighted by Crippen LogP contribution is 2.32. The molecule has 0 bridgehead atoms. The number of hydrogen-bond acceptors (Lipinski definition) is 6. The van der Waals surface area contributed by atoms with Crippen molar-refractivity contribution in [1.29, 1.82) is 0 Å². The van der Waals surface area contributed by atoms with Crippen LogP contribution in [0.25, 0.3) is 10.9 Å². The summed E-state index contributed by atoms with van der Waals surface area (Å²) in [6.07, 6.45) is 9.18. The van der Waals surface area contributed by atoms with Crippen LogP contribution in [0.4, 0.5) is 0 Å². The number of pyridine rings is 1. The maximum atomic E-state index is 13.2. The molecule has 2 aromatic heterocycles. The molecule has 188 valence electrons. The van der Waals surface area contributed by atoms with Crippen molar-refractivity contribution in [2.75, 3.05) is 13.2 Å². The van der Waals surface area contributed by atoms with Crippen LogP contribution in [0.3, 0.4) is 0 Å². The van der Waals surface area contributed by atoms with E-state index in [0.717, 1.165) is 67.5 Å². The average Bonchev–Trinajstić information content (AvgIpc) is 3.55. The molecular formula is C27H38N6O2. The molecule has 0 radical (unpaired) electrons. The van der Waals surface area contributed by atoms with Crippen molar-refractivity contribution in [2.24, 2.45) is 0 Å². The zero-order chi connectivity index (χ0) is 24.4. The van der Waals surface area contributed by atoms with Crippen LogP contribution in [-0.4, -0.2) is 49.3 Å². The van der Waals surface area contributed by atoms with Crippen LogP contribution in [0.15, 0.2) is 23.0 Å². The molecule has 0 unspecified atom stereocenters. The number of nitrogens with zero attached hydrogens (tertiary/aromatic N) is 5. The molecule has 1 saturated carbocycles. The first-order chi connectivity index (χ1) is 17.0. The van der Waals surface area contributed by atoms with Crippen molar-refractivity contribution in [3.05, 3.63) is 51.1 Å². The predicted octanol–water partition coefficient (Wildman–Crippen LogP) is 4.77. The Morgan fingerprint density at radius 1 is 1.11 bits per heavy atom. The minimum absolute atomic E-state index is 0.0194. The molecule has 1 saturated heterocycles. The SMILES string of the molecule is CC[C@@H](c1nnnn1C1CCCCC1)N(Cc1cc2cc(C)c(C)cc2[nH]c1=O)C[C@H]1CCCO1. The number of fused-ring (bicyclic) bond motifs is 1. The first kappa shape index (κ1) is 24.1. The lowest BCUT2D eigenvalue weighted by molar-refractivity contribution is 0.0481. The van der Waals surface area contributed by atoms with Gasteiger partial charge in [0.05, 0.1) is 18.2 Å². The maximum absolute atomic E-state index is 13.2. The van der Waals surface area contributed by atoms with Gasteiger partial charge in [0.1, 0.15) is 0 Å². The molecule has 3 heterocycles. The van der Waals surface area contributed by atoms with Gasteiger partial charge in [-0.15, -0.1) is 5.10 Å². The monoisotopic (exact) mass is 478 g/mol. The molecule has 1 aromatic carbocycles. The lowest BCUT2D eigenvalue weighted by Crippen LogP contribution is -2.38. The minimum Gasteiger partial charge on any atom is -0.377 e. The van der Waals surface area contributed by atoms with Crippen molar-refractivity contribution in [3.63, 3.8) is 0 Å². The number of nitrogens with one attached hydrogen (secondary N) is 1. The number of ether oxygens (including phenoxy) is 1. The lowest BCUT2D eigenvalue weighted by atomic mass is 9.95. The van der Waals surface area contributed by atoms with Crippen molar-refractivity contribution >= 4 is 10.9 Å². The third-order valence-corrected chi connectivity index (χ3v) is 7.94. The van der Waals surface area contributed by atoms with E-state index >= 15 is 0 Å². The Bertz CT molecular complexity index is 1210. The van der Waals surface area contributed by atoms with Crippen molar-refractivity contribution in [3.8, 4) is 0 Å². The summed E-state index contributed by atoms with van der Waals surface area (Å²) in [6.45, 7) is 8.48. The molecule has 5 rings (SSSR count). The Hall–Kier alpha value is -2.58. The first-order valence-electron chi connectivity index (χ1n) is 13.3. The number of aromatic nitrogens is 5. The zero-order valence-electron chi connectivity index (χ0n) is 21.3. The fourth-order valence-electron chi connectivity index (χ4n) is 5.82. The fourth-order valence-corrected chi connectivity index (χ4v) is 5.82. The fraction of sp³-hybridized carbons (Fsp3) is 0.630. The highest BCUT2D eigenvalue weighted by Gasteiger charge is 2.31. The maximum Gasteiger partial charge on any atom is 0.252 e. The molecule has 8 heteroatoms. The van der Waals surface area contributed by atoms with Gasteiger partial charge in [-0.05, 0) is 91.1 Å². The molecule has 0 spiro atoms. The van der Waals surface area contributed by atoms with Gasteiger partial charge < -0.3 is 9.72 Å². The van der Waals surface area contributed by atoms with Crippen molar-refractivity contribution < 1.29 is 4.74 Å². The second-order valence-corrected chi connectivity index (χ2v) is 10.4. The Morgan fingerprint density at radius 3 is 2.66 bits per heavy atom. The highest BCUT2D eigenvalue weighted by atomic mass is 16.5. The molecule has 3 aromatic rings. The Balaban J connectivity index is 1.49. The number of aryl methyl sites for hydroxylation is 2. The molecular weight excluding hydrogens is 440 g/mol. The number of tetrazole rings is 1. The van der Waals surface area contributed by atoms with E-state index in [4.69, 9.17) is 4.74 Å². The van der Waals surface area contributed by atoms with E-state index in [2.05, 4.69) is 69.1 Å². The van der Waals surface area contributed by atoms with E-state index in [9.17, 15) is 4.79 Å². The molecule has 2 atom stereocenters. The standard InChI is InChI=1S/C27H38N6O2/c1-4-25(26-29-30-31-33(26)22-9-6-5-7-10-22)32(17-23-11-8-12-35-23)16-21-15-20-13-18(2)19(3)14-24(20)28-27(21)34/h13-15,22-23,25H,4-12,16-17H2,1-3H3,(H,28,34)/t23-,25+/m1/s1. The lowest BCUT2D eigenvalue weighted by Gasteiger charge is -2.33. The van der Waals surface area contributed by atoms with Gasteiger partial charge in [-0.3, -0.25) is 9.69 Å². The molecule has 1 aliphatic heterocycles. The largest absolute Gasteiger partial charge is 0.377 e. The van der Waals surface area contributed by atoms with E-state index < -0.39 is 0 Å². The summed E-state index contributed by atoms with van der Waals surface area (Å²) in [5.74, 6) is 0.918. The third-order valence-electron chi connectivity index (χ3n) is 7.94. The van der Waals surface area contributed by atoms with E-state index in [1.165, 1.54) is 30.4 Å². The Kier molecular flexibility index (Phi) is 7.29. The Labute approximate surface area is 207 Å². The van der Waals surface area contributed by atoms with Crippen LogP contribution in [0.5, 0.6) is 0 Å². The van der Waals surface area contributed by atoms with Gasteiger partial charge in [0.15, 0.2) is 5.82 Å². The van der Waals surface area contributed by atoms with Gasteiger partial charge in [-0.2, -0.15) is 0 Å². The molecule has 1 aliphatic carbocycles. The molecule has 8 nitrogen and oxygen atoms in total.